The van der Waals surface area contributed by atoms with Crippen LogP contribution in [0.15, 0.2) is 18.2 Å². The van der Waals surface area contributed by atoms with Gasteiger partial charge in [-0.1, -0.05) is 18.6 Å². The van der Waals surface area contributed by atoms with Crippen molar-refractivity contribution in [3.8, 4) is 12.5 Å². The van der Waals surface area contributed by atoms with Crippen LogP contribution in [0.5, 0.6) is 0 Å². The molecule has 0 aliphatic heterocycles. The van der Waals surface area contributed by atoms with Crippen LogP contribution in [0.3, 0.4) is 0 Å². The Morgan fingerprint density at radius 2 is 2.25 bits per heavy atom. The first-order valence-electron chi connectivity index (χ1n) is 5.04. The number of aryl methyl sites for hydroxylation is 1. The quantitative estimate of drug-likeness (QED) is 0.790. The fourth-order valence-corrected chi connectivity index (χ4v) is 1.39. The summed E-state index contributed by atoms with van der Waals surface area (Å²) in [4.78, 5) is 11.0. The highest BCUT2D eigenvalue weighted by Gasteiger charge is 2.08. The van der Waals surface area contributed by atoms with E-state index in [9.17, 15) is 4.79 Å². The van der Waals surface area contributed by atoms with Crippen molar-refractivity contribution >= 4 is 11.6 Å². The van der Waals surface area contributed by atoms with Gasteiger partial charge in [-0.15, -0.1) is 0 Å². The topological polar surface area (TPSA) is 38.3 Å². The molecule has 1 N–H and O–H groups in total. The lowest BCUT2D eigenvalue weighted by Crippen LogP contribution is -2.08. The molecule has 1 amide bonds. The molecule has 0 bridgehead atoms. The summed E-state index contributed by atoms with van der Waals surface area (Å²) in [6.45, 7) is 5.28. The summed E-state index contributed by atoms with van der Waals surface area (Å²) in [7, 11) is 0. The number of ether oxygens (including phenoxy) is 1. The van der Waals surface area contributed by atoms with E-state index in [1.165, 1.54) is 6.92 Å². The molecule has 0 aliphatic carbocycles. The summed E-state index contributed by atoms with van der Waals surface area (Å²) >= 11 is 0. The van der Waals surface area contributed by atoms with E-state index in [2.05, 4.69) is 11.4 Å². The largest absolute Gasteiger partial charge is 0.439 e. The van der Waals surface area contributed by atoms with Gasteiger partial charge in [-0.2, -0.15) is 0 Å². The SMILES string of the molecule is C#COC(C)c1ccc(C)c(NC(C)=O)c1. The first-order valence-corrected chi connectivity index (χ1v) is 5.04. The van der Waals surface area contributed by atoms with Crippen LogP contribution in [0.25, 0.3) is 0 Å². The van der Waals surface area contributed by atoms with Crippen LogP contribution in [0.1, 0.15) is 31.1 Å². The third kappa shape index (κ3) is 3.03. The van der Waals surface area contributed by atoms with Crippen molar-refractivity contribution in [3.63, 3.8) is 0 Å². The van der Waals surface area contributed by atoms with Gasteiger partial charge in [0.25, 0.3) is 0 Å². The van der Waals surface area contributed by atoms with Gasteiger partial charge in [-0.05, 0) is 31.0 Å². The summed E-state index contributed by atoms with van der Waals surface area (Å²) in [6, 6.07) is 5.73. The number of anilines is 1. The zero-order valence-electron chi connectivity index (χ0n) is 9.70. The first kappa shape index (κ1) is 12.1. The maximum absolute atomic E-state index is 11.0. The summed E-state index contributed by atoms with van der Waals surface area (Å²) in [5, 5.41) is 2.76. The lowest BCUT2D eigenvalue weighted by molar-refractivity contribution is -0.114. The van der Waals surface area contributed by atoms with Gasteiger partial charge in [-0.25, -0.2) is 0 Å². The van der Waals surface area contributed by atoms with Crippen molar-refractivity contribution in [2.75, 3.05) is 5.32 Å². The first-order chi connectivity index (χ1) is 7.54. The maximum atomic E-state index is 11.0. The maximum Gasteiger partial charge on any atom is 0.221 e. The number of carbonyl (C=O) groups excluding carboxylic acids is 1. The minimum Gasteiger partial charge on any atom is -0.439 e. The molecule has 16 heavy (non-hydrogen) atoms. The van der Waals surface area contributed by atoms with E-state index in [1.54, 1.807) is 0 Å². The predicted octanol–water partition coefficient (Wildman–Crippen LogP) is 2.62. The van der Waals surface area contributed by atoms with Crippen molar-refractivity contribution in [1.29, 1.82) is 0 Å². The number of terminal acetylenes is 1. The van der Waals surface area contributed by atoms with Crippen LogP contribution in [-0.4, -0.2) is 5.91 Å². The zero-order chi connectivity index (χ0) is 12.1. The van der Waals surface area contributed by atoms with Gasteiger partial charge in [-0.3, -0.25) is 4.79 Å². The van der Waals surface area contributed by atoms with Gasteiger partial charge in [0.15, 0.2) is 0 Å². The Morgan fingerprint density at radius 3 is 2.81 bits per heavy atom. The second kappa shape index (κ2) is 5.22. The van der Waals surface area contributed by atoms with Gasteiger partial charge in [0, 0.05) is 12.6 Å². The third-order valence-corrected chi connectivity index (χ3v) is 2.29. The summed E-state index contributed by atoms with van der Waals surface area (Å²) < 4.78 is 5.04. The fourth-order valence-electron chi connectivity index (χ4n) is 1.39. The Labute approximate surface area is 95.8 Å². The van der Waals surface area contributed by atoms with E-state index in [0.717, 1.165) is 16.8 Å². The second-order valence-electron chi connectivity index (χ2n) is 3.63. The molecule has 0 spiro atoms. The number of rotatable bonds is 3. The number of hydrogen-bond donors (Lipinski definition) is 1. The lowest BCUT2D eigenvalue weighted by Gasteiger charge is -2.13. The Hall–Kier alpha value is -1.95. The molecule has 1 atom stereocenters. The molecule has 1 unspecified atom stereocenters. The average Bonchev–Trinajstić information content (AvgIpc) is 2.21. The highest BCUT2D eigenvalue weighted by atomic mass is 16.5. The van der Waals surface area contributed by atoms with Gasteiger partial charge in [0.1, 0.15) is 12.2 Å². The van der Waals surface area contributed by atoms with E-state index in [-0.39, 0.29) is 12.0 Å². The molecular formula is C13H15NO2. The Balaban J connectivity index is 2.98. The van der Waals surface area contributed by atoms with Crippen LogP contribution in [0.2, 0.25) is 0 Å². The lowest BCUT2D eigenvalue weighted by atomic mass is 10.1. The monoisotopic (exact) mass is 217 g/mol. The number of amides is 1. The molecule has 1 aromatic carbocycles. The van der Waals surface area contributed by atoms with Crippen LogP contribution < -0.4 is 5.32 Å². The molecular weight excluding hydrogens is 202 g/mol. The van der Waals surface area contributed by atoms with E-state index < -0.39 is 0 Å². The number of nitrogens with one attached hydrogen (secondary N) is 1. The van der Waals surface area contributed by atoms with E-state index >= 15 is 0 Å². The normalized spacial score (nSPS) is 11.4. The fraction of sp³-hybridized carbons (Fsp3) is 0.308. The van der Waals surface area contributed by atoms with Gasteiger partial charge >= 0.3 is 0 Å². The molecule has 1 aromatic rings. The van der Waals surface area contributed by atoms with Crippen molar-refractivity contribution in [2.45, 2.75) is 26.9 Å². The molecule has 0 fully saturated rings. The minimum absolute atomic E-state index is 0.0919. The van der Waals surface area contributed by atoms with Crippen molar-refractivity contribution in [3.05, 3.63) is 29.3 Å². The summed E-state index contributed by atoms with van der Waals surface area (Å²) in [6.07, 6.45) is 7.04. The van der Waals surface area contributed by atoms with Crippen LogP contribution in [0.4, 0.5) is 5.69 Å². The molecule has 0 saturated carbocycles. The molecule has 0 heterocycles. The molecule has 1 rings (SSSR count). The van der Waals surface area contributed by atoms with E-state index in [1.807, 2.05) is 32.0 Å². The van der Waals surface area contributed by atoms with Crippen molar-refractivity contribution < 1.29 is 9.53 Å². The standard InChI is InChI=1S/C13H15NO2/c1-5-16-10(3)12-7-6-9(2)13(8-12)14-11(4)15/h1,6-8,10H,2-4H3,(H,14,15). The van der Waals surface area contributed by atoms with Gasteiger partial charge in [0.05, 0.1) is 0 Å². The zero-order valence-corrected chi connectivity index (χ0v) is 9.70. The third-order valence-electron chi connectivity index (χ3n) is 2.29. The molecule has 0 aliphatic rings. The highest BCUT2D eigenvalue weighted by Crippen LogP contribution is 2.23. The predicted molar refractivity (Wildman–Crippen MR) is 63.8 cm³/mol. The minimum atomic E-state index is -0.182. The van der Waals surface area contributed by atoms with Gasteiger partial charge in [0.2, 0.25) is 5.91 Å². The Kier molecular flexibility index (Phi) is 3.96. The van der Waals surface area contributed by atoms with Crippen LogP contribution >= 0.6 is 0 Å². The van der Waals surface area contributed by atoms with E-state index in [0.29, 0.717) is 0 Å². The molecule has 3 heteroatoms. The van der Waals surface area contributed by atoms with Crippen LogP contribution in [-0.2, 0) is 9.53 Å². The number of carbonyl (C=O) groups is 1. The van der Waals surface area contributed by atoms with Crippen LogP contribution in [0, 0.1) is 19.5 Å². The Bertz CT molecular complexity index is 432. The average molecular weight is 217 g/mol. The van der Waals surface area contributed by atoms with Crippen molar-refractivity contribution in [2.24, 2.45) is 0 Å². The summed E-state index contributed by atoms with van der Waals surface area (Å²) in [5.74, 6) is -0.0919. The molecule has 0 aromatic heterocycles. The van der Waals surface area contributed by atoms with E-state index in [4.69, 9.17) is 11.2 Å². The summed E-state index contributed by atoms with van der Waals surface area (Å²) in [5.41, 5.74) is 2.73. The molecule has 3 nitrogen and oxygen atoms in total. The second-order valence-corrected chi connectivity index (χ2v) is 3.63. The molecule has 0 radical (unpaired) electrons. The Morgan fingerprint density at radius 1 is 1.56 bits per heavy atom. The number of benzene rings is 1. The smallest absolute Gasteiger partial charge is 0.221 e. The highest BCUT2D eigenvalue weighted by molar-refractivity contribution is 5.89. The number of hydrogen-bond acceptors (Lipinski definition) is 2. The van der Waals surface area contributed by atoms with Crippen molar-refractivity contribution in [1.82, 2.24) is 0 Å². The molecule has 0 saturated heterocycles. The van der Waals surface area contributed by atoms with Gasteiger partial charge < -0.3 is 10.1 Å². The molecule has 84 valence electrons.